The SMILES string of the molecule is CC[C@H]1OC(=O)[C@H](C)[C@@H](O)[C@@H](C)C[C@@H](C)C(=O)/C=C/[C@@]1(C)O. The molecule has 0 aliphatic carbocycles. The van der Waals surface area contributed by atoms with Crippen molar-refractivity contribution in [3.8, 4) is 0 Å². The second kappa shape index (κ2) is 7.38. The summed E-state index contributed by atoms with van der Waals surface area (Å²) in [6, 6.07) is 0. The van der Waals surface area contributed by atoms with Crippen LogP contribution in [0.3, 0.4) is 0 Å². The molecular formula is C17H28O5. The first-order valence-electron chi connectivity index (χ1n) is 7.94. The summed E-state index contributed by atoms with van der Waals surface area (Å²) in [7, 11) is 0. The van der Waals surface area contributed by atoms with E-state index in [1.165, 1.54) is 19.1 Å². The van der Waals surface area contributed by atoms with E-state index in [9.17, 15) is 19.8 Å². The van der Waals surface area contributed by atoms with E-state index in [2.05, 4.69) is 0 Å². The number of rotatable bonds is 1. The van der Waals surface area contributed by atoms with Crippen LogP contribution >= 0.6 is 0 Å². The van der Waals surface area contributed by atoms with Gasteiger partial charge in [0.1, 0.15) is 11.7 Å². The van der Waals surface area contributed by atoms with E-state index in [-0.39, 0.29) is 17.6 Å². The predicted octanol–water partition coefficient (Wildman–Crippen LogP) is 1.86. The number of cyclic esters (lactones) is 1. The van der Waals surface area contributed by atoms with Gasteiger partial charge in [0, 0.05) is 5.92 Å². The Morgan fingerprint density at radius 2 is 1.91 bits per heavy atom. The molecule has 5 nitrogen and oxygen atoms in total. The van der Waals surface area contributed by atoms with Crippen LogP contribution in [0.25, 0.3) is 0 Å². The Morgan fingerprint density at radius 3 is 2.45 bits per heavy atom. The molecule has 0 spiro atoms. The van der Waals surface area contributed by atoms with Gasteiger partial charge in [-0.3, -0.25) is 9.59 Å². The van der Waals surface area contributed by atoms with Gasteiger partial charge in [-0.1, -0.05) is 20.8 Å². The first-order chi connectivity index (χ1) is 10.1. The minimum Gasteiger partial charge on any atom is -0.459 e. The average molecular weight is 312 g/mol. The maximum atomic E-state index is 12.2. The van der Waals surface area contributed by atoms with Crippen LogP contribution in [0.2, 0.25) is 0 Å². The van der Waals surface area contributed by atoms with E-state index in [1.807, 2.05) is 6.92 Å². The van der Waals surface area contributed by atoms with Crippen LogP contribution in [0.5, 0.6) is 0 Å². The molecule has 22 heavy (non-hydrogen) atoms. The largest absolute Gasteiger partial charge is 0.459 e. The molecule has 0 saturated carbocycles. The van der Waals surface area contributed by atoms with E-state index in [0.717, 1.165) is 0 Å². The monoisotopic (exact) mass is 312 g/mol. The molecule has 1 heterocycles. The third-order valence-electron chi connectivity index (χ3n) is 4.54. The molecule has 1 aliphatic rings. The minimum absolute atomic E-state index is 0.103. The molecule has 2 N–H and O–H groups in total. The summed E-state index contributed by atoms with van der Waals surface area (Å²) in [5, 5.41) is 20.8. The Bertz CT molecular complexity index is 440. The first-order valence-corrected chi connectivity index (χ1v) is 7.94. The van der Waals surface area contributed by atoms with Crippen molar-refractivity contribution in [1.29, 1.82) is 0 Å². The third kappa shape index (κ3) is 4.40. The maximum Gasteiger partial charge on any atom is 0.311 e. The molecule has 0 fully saturated rings. The highest BCUT2D eigenvalue weighted by atomic mass is 16.6. The van der Waals surface area contributed by atoms with Gasteiger partial charge in [0.25, 0.3) is 0 Å². The molecule has 0 unspecified atom stereocenters. The standard InChI is InChI=1S/C17H28O5/c1-6-14-17(5,21)8-7-13(18)10(2)9-11(3)15(19)12(4)16(20)22-14/h7-8,10-12,14-15,19,21H,6,9H2,1-5H3/b8-7+/t10-,11+,12-,14-,15+,17-/m1/s1. The molecular weight excluding hydrogens is 284 g/mol. The summed E-state index contributed by atoms with van der Waals surface area (Å²) in [6.45, 7) is 8.52. The van der Waals surface area contributed by atoms with Gasteiger partial charge in [-0.05, 0) is 44.8 Å². The molecule has 0 bridgehead atoms. The lowest BCUT2D eigenvalue weighted by atomic mass is 9.84. The Balaban J connectivity index is 3.16. The summed E-state index contributed by atoms with van der Waals surface area (Å²) in [6.07, 6.45) is 2.00. The predicted molar refractivity (Wildman–Crippen MR) is 83.1 cm³/mol. The van der Waals surface area contributed by atoms with Crippen molar-refractivity contribution >= 4 is 11.8 Å². The Kier molecular flexibility index (Phi) is 6.32. The topological polar surface area (TPSA) is 83.8 Å². The molecule has 6 atom stereocenters. The second-order valence-corrected chi connectivity index (χ2v) is 6.69. The summed E-state index contributed by atoms with van der Waals surface area (Å²) < 4.78 is 5.37. The van der Waals surface area contributed by atoms with E-state index in [1.54, 1.807) is 20.8 Å². The van der Waals surface area contributed by atoms with Crippen molar-refractivity contribution in [2.75, 3.05) is 0 Å². The average Bonchev–Trinajstić information content (AvgIpc) is 2.47. The van der Waals surface area contributed by atoms with Crippen LogP contribution in [0.1, 0.15) is 47.5 Å². The van der Waals surface area contributed by atoms with Gasteiger partial charge in [0.05, 0.1) is 12.0 Å². The molecule has 0 aromatic carbocycles. The number of hydrogen-bond donors (Lipinski definition) is 2. The Hall–Kier alpha value is -1.20. The number of esters is 1. The van der Waals surface area contributed by atoms with Crippen molar-refractivity contribution in [1.82, 2.24) is 0 Å². The van der Waals surface area contributed by atoms with Crippen molar-refractivity contribution in [3.63, 3.8) is 0 Å². The number of aliphatic hydroxyl groups excluding tert-OH is 1. The Labute approximate surface area is 132 Å². The number of hydrogen-bond acceptors (Lipinski definition) is 5. The van der Waals surface area contributed by atoms with Crippen LogP contribution in [0.15, 0.2) is 12.2 Å². The summed E-state index contributed by atoms with van der Waals surface area (Å²) >= 11 is 0. The van der Waals surface area contributed by atoms with Crippen LogP contribution in [0.4, 0.5) is 0 Å². The van der Waals surface area contributed by atoms with Crippen LogP contribution in [-0.2, 0) is 14.3 Å². The highest BCUT2D eigenvalue weighted by Crippen LogP contribution is 2.26. The van der Waals surface area contributed by atoms with Crippen LogP contribution < -0.4 is 0 Å². The van der Waals surface area contributed by atoms with Gasteiger partial charge in [-0.25, -0.2) is 0 Å². The van der Waals surface area contributed by atoms with Crippen molar-refractivity contribution in [3.05, 3.63) is 12.2 Å². The molecule has 126 valence electrons. The maximum absolute atomic E-state index is 12.2. The fraction of sp³-hybridized carbons (Fsp3) is 0.765. The molecule has 0 saturated heterocycles. The van der Waals surface area contributed by atoms with Gasteiger partial charge in [0.2, 0.25) is 0 Å². The lowest BCUT2D eigenvalue weighted by Crippen LogP contribution is -2.44. The van der Waals surface area contributed by atoms with E-state index in [4.69, 9.17) is 4.74 Å². The number of aliphatic hydroxyl groups is 2. The van der Waals surface area contributed by atoms with Gasteiger partial charge < -0.3 is 14.9 Å². The van der Waals surface area contributed by atoms with Gasteiger partial charge >= 0.3 is 5.97 Å². The fourth-order valence-corrected chi connectivity index (χ4v) is 2.83. The highest BCUT2D eigenvalue weighted by Gasteiger charge is 2.36. The van der Waals surface area contributed by atoms with Crippen LogP contribution in [0, 0.1) is 17.8 Å². The van der Waals surface area contributed by atoms with Gasteiger partial charge in [-0.2, -0.15) is 0 Å². The number of carbonyl (C=O) groups is 2. The third-order valence-corrected chi connectivity index (χ3v) is 4.54. The molecule has 0 amide bonds. The van der Waals surface area contributed by atoms with Gasteiger partial charge in [-0.15, -0.1) is 0 Å². The van der Waals surface area contributed by atoms with E-state index >= 15 is 0 Å². The smallest absolute Gasteiger partial charge is 0.311 e. The highest BCUT2D eigenvalue weighted by molar-refractivity contribution is 5.91. The second-order valence-electron chi connectivity index (χ2n) is 6.69. The van der Waals surface area contributed by atoms with Gasteiger partial charge in [0.15, 0.2) is 5.78 Å². The molecule has 0 aromatic heterocycles. The van der Waals surface area contributed by atoms with E-state index in [0.29, 0.717) is 12.8 Å². The van der Waals surface area contributed by atoms with Crippen molar-refractivity contribution in [2.24, 2.45) is 17.8 Å². The molecule has 5 heteroatoms. The first kappa shape index (κ1) is 18.8. The number of ether oxygens (including phenoxy) is 1. The summed E-state index contributed by atoms with van der Waals surface area (Å²) in [5.74, 6) is -1.81. The zero-order chi connectivity index (χ0) is 17.1. The zero-order valence-corrected chi connectivity index (χ0v) is 14.1. The number of carbonyl (C=O) groups excluding carboxylic acids is 2. The zero-order valence-electron chi connectivity index (χ0n) is 14.1. The normalized spacial score (nSPS) is 43.0. The van der Waals surface area contributed by atoms with Crippen LogP contribution in [-0.4, -0.2) is 39.8 Å². The fourth-order valence-electron chi connectivity index (χ4n) is 2.83. The van der Waals surface area contributed by atoms with E-state index < -0.39 is 29.7 Å². The quantitative estimate of drug-likeness (QED) is 0.722. The molecule has 1 aliphatic heterocycles. The summed E-state index contributed by atoms with van der Waals surface area (Å²) in [4.78, 5) is 24.3. The minimum atomic E-state index is -1.42. The molecule has 0 aromatic rings. The summed E-state index contributed by atoms with van der Waals surface area (Å²) in [5.41, 5.74) is -1.42. The lowest BCUT2D eigenvalue weighted by Gasteiger charge is -2.32. The molecule has 1 rings (SSSR count). The number of allylic oxidation sites excluding steroid dienone is 1. The molecule has 0 radical (unpaired) electrons. The van der Waals surface area contributed by atoms with Crippen molar-refractivity contribution in [2.45, 2.75) is 65.3 Å². The van der Waals surface area contributed by atoms with Crippen molar-refractivity contribution < 1.29 is 24.5 Å². The Morgan fingerprint density at radius 1 is 1.32 bits per heavy atom. The lowest BCUT2D eigenvalue weighted by molar-refractivity contribution is -0.169. The number of ketones is 1.